The molecular formula is C46H56FN7O8S. The molecule has 0 saturated carbocycles. The van der Waals surface area contributed by atoms with Crippen molar-refractivity contribution in [2.45, 2.75) is 115 Å². The highest BCUT2D eigenvalue weighted by Gasteiger charge is 2.46. The monoisotopic (exact) mass is 885 g/mol. The summed E-state index contributed by atoms with van der Waals surface area (Å²) in [5.74, 6) is -2.79. The van der Waals surface area contributed by atoms with Crippen molar-refractivity contribution >= 4 is 57.0 Å². The van der Waals surface area contributed by atoms with Gasteiger partial charge in [-0.3, -0.25) is 14.4 Å². The maximum atomic E-state index is 14.8. The number of ketones is 1. The zero-order valence-corrected chi connectivity index (χ0v) is 37.2. The molecule has 4 heterocycles. The molecule has 4 aromatic rings. The molecule has 5 atom stereocenters. The third kappa shape index (κ3) is 11.1. The second kappa shape index (κ2) is 20.4. The van der Waals surface area contributed by atoms with Crippen LogP contribution in [0.5, 0.6) is 11.5 Å². The summed E-state index contributed by atoms with van der Waals surface area (Å²) >= 11 is 1.44. The van der Waals surface area contributed by atoms with Gasteiger partial charge in [0.15, 0.2) is 16.5 Å². The average molecular weight is 886 g/mol. The number of carbonyl (C=O) groups excluding carboxylic acids is 4. The van der Waals surface area contributed by atoms with Crippen molar-refractivity contribution in [3.8, 4) is 22.9 Å². The van der Waals surface area contributed by atoms with E-state index >= 15 is 0 Å². The van der Waals surface area contributed by atoms with Gasteiger partial charge in [-0.15, -0.1) is 11.3 Å². The molecule has 0 bridgehead atoms. The number of carboxylic acids is 1. The molecule has 2 aliphatic rings. The van der Waals surface area contributed by atoms with Crippen LogP contribution in [0.4, 0.5) is 14.3 Å². The van der Waals surface area contributed by atoms with Crippen LogP contribution in [-0.4, -0.2) is 99.0 Å². The van der Waals surface area contributed by atoms with Gasteiger partial charge in [-0.25, -0.2) is 23.9 Å². The largest absolute Gasteiger partial charge is 0.497 e. The molecule has 4 amide bonds. The van der Waals surface area contributed by atoms with Gasteiger partial charge in [0.2, 0.25) is 11.8 Å². The summed E-state index contributed by atoms with van der Waals surface area (Å²) in [7, 11) is 1.56. The van der Waals surface area contributed by atoms with E-state index in [0.717, 1.165) is 5.13 Å². The molecule has 0 aliphatic carbocycles. The zero-order chi connectivity index (χ0) is 45.4. The Morgan fingerprint density at radius 1 is 1.03 bits per heavy atom. The minimum atomic E-state index is -1.73. The molecule has 15 nitrogen and oxygen atoms in total. The molecule has 2 aliphatic heterocycles. The van der Waals surface area contributed by atoms with Gasteiger partial charge in [0, 0.05) is 40.9 Å². The predicted octanol–water partition coefficient (Wildman–Crippen LogP) is 7.12. The number of urea groups is 1. The number of benzene rings is 2. The number of thiazole rings is 1. The molecule has 2 aromatic carbocycles. The summed E-state index contributed by atoms with van der Waals surface area (Å²) in [6.45, 7) is 9.15. The van der Waals surface area contributed by atoms with E-state index in [1.165, 1.54) is 46.6 Å². The lowest BCUT2D eigenvalue weighted by atomic mass is 9.93. The number of pyridine rings is 1. The number of halogens is 1. The number of carboxylic acid groups (broad SMARTS) is 1. The van der Waals surface area contributed by atoms with Crippen molar-refractivity contribution in [3.63, 3.8) is 0 Å². The van der Waals surface area contributed by atoms with Crippen molar-refractivity contribution in [3.05, 3.63) is 77.4 Å². The van der Waals surface area contributed by atoms with E-state index in [2.05, 4.69) is 21.3 Å². The standard InChI is InChI=1S/C46H56FN7O8S/c1-7-46(43(58)59)20-12-10-8-9-11-13-33(50-44(60)52-39(26(2)3)40(55)28-14-16-29(47)17-15-28)42(57)54-24-31(22-37(54)41(56)53-46)62-38-23-35(36-25-63-45(51-36)48-27(4)5)49-34-21-30(61-6)18-19-32(34)38/h12,14-21,23,25-27,31,33,37,39H,7-11,13,22,24H2,1-6H3,(H,48,51)(H,53,56)(H,58,59)(H2,50,52,60)/b20-12-/t31-,33+,37+,39+,46-/m1/s1. The van der Waals surface area contributed by atoms with Crippen LogP contribution in [0.2, 0.25) is 0 Å². The number of Topliss-reactive ketones (excluding diaryl/α,β-unsaturated/α-hetero) is 1. The number of nitrogens with zero attached hydrogens (tertiary/aromatic N) is 3. The fourth-order valence-corrected chi connectivity index (χ4v) is 8.67. The number of carbonyl (C=O) groups is 5. The summed E-state index contributed by atoms with van der Waals surface area (Å²) < 4.78 is 25.9. The minimum absolute atomic E-state index is 0.00429. The molecule has 2 aromatic heterocycles. The van der Waals surface area contributed by atoms with Gasteiger partial charge < -0.3 is 40.7 Å². The number of anilines is 1. The number of hydrogen-bond donors (Lipinski definition) is 5. The third-order valence-electron chi connectivity index (χ3n) is 11.3. The first-order valence-electron chi connectivity index (χ1n) is 21.4. The van der Waals surface area contributed by atoms with E-state index < -0.39 is 65.2 Å². The van der Waals surface area contributed by atoms with Crippen LogP contribution in [0, 0.1) is 11.7 Å². The minimum Gasteiger partial charge on any atom is -0.497 e. The molecule has 0 spiro atoms. The predicted molar refractivity (Wildman–Crippen MR) is 239 cm³/mol. The second-order valence-corrected chi connectivity index (χ2v) is 17.5. The number of allylic oxidation sites excluding steroid dienone is 1. The van der Waals surface area contributed by atoms with Crippen LogP contribution in [0.3, 0.4) is 0 Å². The first-order chi connectivity index (χ1) is 30.1. The average Bonchev–Trinajstić information content (AvgIpc) is 3.90. The number of fused-ring (bicyclic) bond motifs is 2. The fraction of sp³-hybridized carbons (Fsp3) is 0.457. The Morgan fingerprint density at radius 2 is 1.79 bits per heavy atom. The molecule has 0 radical (unpaired) electrons. The Balaban J connectivity index is 1.33. The van der Waals surface area contributed by atoms with E-state index in [1.807, 2.05) is 25.3 Å². The molecule has 6 rings (SSSR count). The maximum absolute atomic E-state index is 14.8. The molecular weight excluding hydrogens is 830 g/mol. The number of nitrogens with one attached hydrogen (secondary N) is 4. The van der Waals surface area contributed by atoms with Crippen molar-refractivity contribution in [2.75, 3.05) is 19.0 Å². The third-order valence-corrected chi connectivity index (χ3v) is 12.1. The Hall–Kier alpha value is -6.10. The van der Waals surface area contributed by atoms with Crippen LogP contribution < -0.4 is 30.7 Å². The van der Waals surface area contributed by atoms with Crippen molar-refractivity contribution in [1.29, 1.82) is 0 Å². The smallest absolute Gasteiger partial charge is 0.333 e. The van der Waals surface area contributed by atoms with Gasteiger partial charge in [-0.2, -0.15) is 0 Å². The lowest BCUT2D eigenvalue weighted by Gasteiger charge is -2.32. The Labute approximate surface area is 370 Å². The van der Waals surface area contributed by atoms with Crippen LogP contribution in [0.15, 0.2) is 66.1 Å². The molecule has 1 saturated heterocycles. The quantitative estimate of drug-likeness (QED) is 0.0676. The Kier molecular flexibility index (Phi) is 15.0. The fourth-order valence-electron chi connectivity index (χ4n) is 7.82. The first kappa shape index (κ1) is 46.4. The van der Waals surface area contributed by atoms with Gasteiger partial charge in [-0.1, -0.05) is 45.8 Å². The highest BCUT2D eigenvalue weighted by atomic mass is 32.1. The number of rotatable bonds is 13. The lowest BCUT2D eigenvalue weighted by Crippen LogP contribution is -2.60. The molecule has 17 heteroatoms. The second-order valence-electron chi connectivity index (χ2n) is 16.6. The number of amides is 4. The topological polar surface area (TPSA) is 201 Å². The summed E-state index contributed by atoms with van der Waals surface area (Å²) in [5, 5.41) is 25.3. The van der Waals surface area contributed by atoms with Gasteiger partial charge in [0.05, 0.1) is 30.9 Å². The highest BCUT2D eigenvalue weighted by Crippen LogP contribution is 2.36. The highest BCUT2D eigenvalue weighted by molar-refractivity contribution is 7.14. The normalized spacial score (nSPS) is 21.9. The Morgan fingerprint density at radius 3 is 2.48 bits per heavy atom. The summed E-state index contributed by atoms with van der Waals surface area (Å²) in [6.07, 6.45) is 5.17. The summed E-state index contributed by atoms with van der Waals surface area (Å²) in [6, 6.07) is 8.27. The summed E-state index contributed by atoms with van der Waals surface area (Å²) in [5.41, 5.74) is 0.180. The van der Waals surface area contributed by atoms with E-state index in [9.17, 15) is 33.5 Å². The molecule has 336 valence electrons. The molecule has 5 N–H and O–H groups in total. The number of methoxy groups -OCH3 is 1. The maximum Gasteiger partial charge on any atom is 0.333 e. The van der Waals surface area contributed by atoms with E-state index in [0.29, 0.717) is 59.5 Å². The lowest BCUT2D eigenvalue weighted by molar-refractivity contribution is -0.147. The van der Waals surface area contributed by atoms with E-state index in [4.69, 9.17) is 19.4 Å². The summed E-state index contributed by atoms with van der Waals surface area (Å²) in [4.78, 5) is 80.3. The van der Waals surface area contributed by atoms with Crippen molar-refractivity contribution in [2.24, 2.45) is 5.92 Å². The van der Waals surface area contributed by atoms with Crippen molar-refractivity contribution < 1.29 is 42.9 Å². The van der Waals surface area contributed by atoms with Gasteiger partial charge in [-0.05, 0) is 81.8 Å². The zero-order valence-electron chi connectivity index (χ0n) is 36.4. The van der Waals surface area contributed by atoms with Crippen LogP contribution in [0.25, 0.3) is 22.3 Å². The molecule has 1 fully saturated rings. The van der Waals surface area contributed by atoms with Crippen LogP contribution in [0.1, 0.15) is 89.9 Å². The number of aromatic nitrogens is 2. The first-order valence-corrected chi connectivity index (χ1v) is 22.3. The van der Waals surface area contributed by atoms with E-state index in [-0.39, 0.29) is 43.3 Å². The Bertz CT molecular complexity index is 2340. The molecule has 0 unspecified atom stereocenters. The molecule has 63 heavy (non-hydrogen) atoms. The van der Waals surface area contributed by atoms with Crippen molar-refractivity contribution in [1.82, 2.24) is 30.8 Å². The number of hydrogen-bond acceptors (Lipinski definition) is 11. The van der Waals surface area contributed by atoms with E-state index in [1.54, 1.807) is 52.2 Å². The number of ether oxygens (including phenoxy) is 2. The van der Waals surface area contributed by atoms with Gasteiger partial charge in [0.25, 0.3) is 0 Å². The van der Waals surface area contributed by atoms with Gasteiger partial charge >= 0.3 is 12.0 Å². The van der Waals surface area contributed by atoms with Crippen LogP contribution >= 0.6 is 11.3 Å². The SMILES string of the molecule is CC[C@]1(C(=O)O)/C=C\CCCCC[C@H](NC(=O)N[C@H](C(=O)c2ccc(F)cc2)C(C)C)C(=O)N2C[C@H](Oc3cc(-c4csc(NC(C)C)n4)nc4cc(OC)ccc34)C[C@H]2C(=O)N1. The van der Waals surface area contributed by atoms with Gasteiger partial charge in [0.1, 0.15) is 41.2 Å². The number of aliphatic carboxylic acids is 1. The van der Waals surface area contributed by atoms with Crippen LogP contribution in [-0.2, 0) is 14.4 Å².